The molecule has 2 aliphatic rings. The molecule has 59 heavy (non-hydrogen) atoms. The van der Waals surface area contributed by atoms with E-state index in [9.17, 15) is 0 Å². The van der Waals surface area contributed by atoms with Crippen LogP contribution in [0, 0.1) is 0 Å². The van der Waals surface area contributed by atoms with Gasteiger partial charge >= 0.3 is 0 Å². The molecule has 0 amide bonds. The minimum Gasteiger partial charge on any atom is -0.208 e. The second kappa shape index (κ2) is 13.2. The summed E-state index contributed by atoms with van der Waals surface area (Å²) in [5.74, 6) is 1.91. The van der Waals surface area contributed by atoms with Crippen LogP contribution in [0.1, 0.15) is 22.3 Å². The van der Waals surface area contributed by atoms with E-state index in [4.69, 9.17) is 15.0 Å². The summed E-state index contributed by atoms with van der Waals surface area (Å²) in [5, 5.41) is 2.38. The Labute approximate surface area is 343 Å². The van der Waals surface area contributed by atoms with E-state index in [1.165, 1.54) is 49.9 Å². The molecule has 0 aliphatic heterocycles. The van der Waals surface area contributed by atoms with Crippen LogP contribution in [-0.2, 0) is 5.41 Å². The molecule has 10 aromatic rings. The molecule has 0 atom stereocenters. The summed E-state index contributed by atoms with van der Waals surface area (Å²) in [6.07, 6.45) is 0. The van der Waals surface area contributed by atoms with Gasteiger partial charge in [-0.1, -0.05) is 194 Å². The Balaban J connectivity index is 1.17. The predicted molar refractivity (Wildman–Crippen MR) is 241 cm³/mol. The van der Waals surface area contributed by atoms with Gasteiger partial charge in [-0.15, -0.1) is 0 Å². The highest BCUT2D eigenvalue weighted by molar-refractivity contribution is 6.08. The maximum Gasteiger partial charge on any atom is 0.164 e. The van der Waals surface area contributed by atoms with E-state index in [2.05, 4.69) is 212 Å². The number of fused-ring (bicyclic) bond motifs is 12. The standard InChI is InChI=1S/C56H35N3/c1-3-17-36(18-4-1)38-22-15-24-41(33-38)53-57-54(42-25-16-23-39(34-42)37-19-5-2-6-20-37)59-55(58-53)47-35-40-21-7-8-26-43(40)52-51(47)46-29-11-14-32-50(46)56(52)48-30-12-9-27-44(48)45-28-10-13-31-49(45)56/h1-35H. The molecule has 0 radical (unpaired) electrons. The van der Waals surface area contributed by atoms with Crippen LogP contribution < -0.4 is 0 Å². The van der Waals surface area contributed by atoms with E-state index in [0.717, 1.165) is 44.3 Å². The summed E-state index contributed by atoms with van der Waals surface area (Å²) in [6, 6.07) is 76.2. The first kappa shape index (κ1) is 33.4. The summed E-state index contributed by atoms with van der Waals surface area (Å²) in [7, 11) is 0. The zero-order chi connectivity index (χ0) is 38.9. The Hall–Kier alpha value is -7.75. The molecule has 1 heterocycles. The molecular weight excluding hydrogens is 715 g/mol. The Morgan fingerprint density at radius 2 is 0.712 bits per heavy atom. The second-order valence-electron chi connectivity index (χ2n) is 15.5. The average Bonchev–Trinajstić information content (AvgIpc) is 3.80. The van der Waals surface area contributed by atoms with Gasteiger partial charge in [0.05, 0.1) is 5.41 Å². The quantitative estimate of drug-likeness (QED) is 0.176. The van der Waals surface area contributed by atoms with Gasteiger partial charge in [0.1, 0.15) is 0 Å². The summed E-state index contributed by atoms with van der Waals surface area (Å²) >= 11 is 0. The van der Waals surface area contributed by atoms with Crippen molar-refractivity contribution in [1.82, 2.24) is 15.0 Å². The van der Waals surface area contributed by atoms with E-state index < -0.39 is 5.41 Å². The topological polar surface area (TPSA) is 38.7 Å². The molecule has 0 unspecified atom stereocenters. The van der Waals surface area contributed by atoms with Gasteiger partial charge < -0.3 is 0 Å². The Kier molecular flexibility index (Phi) is 7.45. The Bertz CT molecular complexity index is 3130. The van der Waals surface area contributed by atoms with Gasteiger partial charge in [-0.2, -0.15) is 0 Å². The average molecular weight is 750 g/mol. The molecule has 9 aromatic carbocycles. The van der Waals surface area contributed by atoms with Crippen molar-refractivity contribution in [2.75, 3.05) is 0 Å². The van der Waals surface area contributed by atoms with Crippen molar-refractivity contribution in [2.24, 2.45) is 0 Å². The first-order chi connectivity index (χ1) is 29.3. The van der Waals surface area contributed by atoms with Crippen LogP contribution in [0.5, 0.6) is 0 Å². The number of benzene rings is 9. The molecule has 3 nitrogen and oxygen atoms in total. The van der Waals surface area contributed by atoms with Crippen LogP contribution in [-0.4, -0.2) is 15.0 Å². The minimum atomic E-state index is -0.526. The third-order valence-electron chi connectivity index (χ3n) is 12.3. The van der Waals surface area contributed by atoms with E-state index in [0.29, 0.717) is 17.5 Å². The lowest BCUT2D eigenvalue weighted by Crippen LogP contribution is -2.26. The van der Waals surface area contributed by atoms with Gasteiger partial charge in [-0.05, 0) is 95.7 Å². The number of nitrogens with zero attached hydrogens (tertiary/aromatic N) is 3. The fourth-order valence-electron chi connectivity index (χ4n) is 9.84. The zero-order valence-corrected chi connectivity index (χ0v) is 32.0. The third kappa shape index (κ3) is 5.05. The van der Waals surface area contributed by atoms with Crippen LogP contribution in [0.25, 0.3) is 89.4 Å². The normalized spacial score (nSPS) is 12.9. The molecule has 12 rings (SSSR count). The largest absolute Gasteiger partial charge is 0.208 e. The van der Waals surface area contributed by atoms with Crippen LogP contribution in [0.2, 0.25) is 0 Å². The molecule has 0 fully saturated rings. The van der Waals surface area contributed by atoms with E-state index >= 15 is 0 Å². The molecule has 0 saturated heterocycles. The van der Waals surface area contributed by atoms with Gasteiger partial charge in [0.15, 0.2) is 17.5 Å². The summed E-state index contributed by atoms with van der Waals surface area (Å²) in [6.45, 7) is 0. The van der Waals surface area contributed by atoms with Gasteiger partial charge in [0, 0.05) is 16.7 Å². The van der Waals surface area contributed by atoms with E-state index in [1.807, 2.05) is 0 Å². The van der Waals surface area contributed by atoms with E-state index in [1.54, 1.807) is 0 Å². The molecule has 2 aliphatic carbocycles. The van der Waals surface area contributed by atoms with Gasteiger partial charge in [0.25, 0.3) is 0 Å². The van der Waals surface area contributed by atoms with Crippen molar-refractivity contribution >= 4 is 10.8 Å². The molecule has 0 N–H and O–H groups in total. The lowest BCUT2D eigenvalue weighted by molar-refractivity contribution is 0.801. The number of rotatable bonds is 5. The Morgan fingerprint density at radius 1 is 0.288 bits per heavy atom. The van der Waals surface area contributed by atoms with Crippen LogP contribution >= 0.6 is 0 Å². The fourth-order valence-corrected chi connectivity index (χ4v) is 9.84. The van der Waals surface area contributed by atoms with Gasteiger partial charge in [-0.3, -0.25) is 0 Å². The molecule has 3 heteroatoms. The van der Waals surface area contributed by atoms with Crippen molar-refractivity contribution in [2.45, 2.75) is 5.41 Å². The lowest BCUT2D eigenvalue weighted by atomic mass is 9.69. The first-order valence-corrected chi connectivity index (χ1v) is 20.2. The highest BCUT2D eigenvalue weighted by Crippen LogP contribution is 2.65. The van der Waals surface area contributed by atoms with Crippen molar-refractivity contribution in [3.05, 3.63) is 235 Å². The molecule has 0 saturated carbocycles. The zero-order valence-electron chi connectivity index (χ0n) is 32.0. The second-order valence-corrected chi connectivity index (χ2v) is 15.5. The third-order valence-corrected chi connectivity index (χ3v) is 12.3. The van der Waals surface area contributed by atoms with Gasteiger partial charge in [-0.25, -0.2) is 15.0 Å². The number of hydrogen-bond acceptors (Lipinski definition) is 3. The summed E-state index contributed by atoms with van der Waals surface area (Å²) in [4.78, 5) is 16.2. The number of hydrogen-bond donors (Lipinski definition) is 0. The molecule has 274 valence electrons. The van der Waals surface area contributed by atoms with Crippen molar-refractivity contribution < 1.29 is 0 Å². The van der Waals surface area contributed by atoms with Crippen molar-refractivity contribution in [3.63, 3.8) is 0 Å². The smallest absolute Gasteiger partial charge is 0.164 e. The maximum atomic E-state index is 5.45. The number of aromatic nitrogens is 3. The van der Waals surface area contributed by atoms with Crippen LogP contribution in [0.4, 0.5) is 0 Å². The van der Waals surface area contributed by atoms with Crippen LogP contribution in [0.15, 0.2) is 212 Å². The fraction of sp³-hybridized carbons (Fsp3) is 0.0179. The summed E-state index contributed by atoms with van der Waals surface area (Å²) in [5.41, 5.74) is 17.0. The SMILES string of the molecule is c1ccc(-c2cccc(-c3nc(-c4cccc(-c5ccccc5)c4)nc(-c4cc5ccccc5c5c4-c4ccccc4C54c5ccccc5-c5ccccc54)n3)c2)cc1. The predicted octanol–water partition coefficient (Wildman–Crippen LogP) is 13.7. The van der Waals surface area contributed by atoms with Crippen molar-refractivity contribution in [3.8, 4) is 78.7 Å². The van der Waals surface area contributed by atoms with Gasteiger partial charge in [0.2, 0.25) is 0 Å². The molecule has 1 aromatic heterocycles. The summed E-state index contributed by atoms with van der Waals surface area (Å²) < 4.78 is 0. The lowest BCUT2D eigenvalue weighted by Gasteiger charge is -2.31. The minimum absolute atomic E-state index is 0.526. The first-order valence-electron chi connectivity index (χ1n) is 20.2. The maximum absolute atomic E-state index is 5.45. The molecule has 1 spiro atoms. The van der Waals surface area contributed by atoms with Crippen LogP contribution in [0.3, 0.4) is 0 Å². The molecule has 0 bridgehead atoms. The highest BCUT2D eigenvalue weighted by atomic mass is 15.0. The highest BCUT2D eigenvalue weighted by Gasteiger charge is 2.53. The monoisotopic (exact) mass is 749 g/mol. The van der Waals surface area contributed by atoms with Crippen molar-refractivity contribution in [1.29, 1.82) is 0 Å². The van der Waals surface area contributed by atoms with E-state index in [-0.39, 0.29) is 0 Å². The molecular formula is C56H35N3. The Morgan fingerprint density at radius 3 is 1.29 bits per heavy atom.